The van der Waals surface area contributed by atoms with E-state index < -0.39 is 10.0 Å². The number of hydrogen-bond acceptors (Lipinski definition) is 4. The maximum absolute atomic E-state index is 12.4. The quantitative estimate of drug-likeness (QED) is 0.788. The Morgan fingerprint density at radius 1 is 1.47 bits per heavy atom. The minimum absolute atomic E-state index is 0.248. The lowest BCUT2D eigenvalue weighted by Crippen LogP contribution is -2.52. The molecular formula is C11H22N2O3S. The van der Waals surface area contributed by atoms with Gasteiger partial charge in [0.05, 0.1) is 10.9 Å². The van der Waals surface area contributed by atoms with Crippen molar-refractivity contribution in [1.29, 1.82) is 0 Å². The van der Waals surface area contributed by atoms with Crippen LogP contribution in [0, 0.1) is 0 Å². The molecular weight excluding hydrogens is 240 g/mol. The highest BCUT2D eigenvalue weighted by Crippen LogP contribution is 2.28. The van der Waals surface area contributed by atoms with Gasteiger partial charge in [-0.25, -0.2) is 8.42 Å². The summed E-state index contributed by atoms with van der Waals surface area (Å²) in [4.78, 5) is 0. The molecule has 0 saturated carbocycles. The normalized spacial score (nSPS) is 36.2. The summed E-state index contributed by atoms with van der Waals surface area (Å²) in [5.41, 5.74) is -0.322. The Labute approximate surface area is 104 Å². The molecule has 6 heteroatoms. The van der Waals surface area contributed by atoms with E-state index in [1.807, 2.05) is 6.92 Å². The number of rotatable bonds is 3. The van der Waals surface area contributed by atoms with Crippen molar-refractivity contribution in [2.75, 3.05) is 33.3 Å². The Bertz CT molecular complexity index is 365. The molecule has 2 saturated heterocycles. The smallest absolute Gasteiger partial charge is 0.218 e. The summed E-state index contributed by atoms with van der Waals surface area (Å²) < 4.78 is 31.9. The van der Waals surface area contributed by atoms with Crippen LogP contribution in [0.25, 0.3) is 0 Å². The van der Waals surface area contributed by atoms with Crippen molar-refractivity contribution in [2.45, 2.75) is 37.0 Å². The SMILES string of the molecule is COC1(C)CCCN(S(=O)(=O)C2CCNC2)C1. The van der Waals surface area contributed by atoms with Gasteiger partial charge in [0.1, 0.15) is 0 Å². The van der Waals surface area contributed by atoms with Crippen LogP contribution in [0.2, 0.25) is 0 Å². The van der Waals surface area contributed by atoms with Crippen LogP contribution >= 0.6 is 0 Å². The zero-order chi connectivity index (χ0) is 12.5. The molecule has 2 unspecified atom stereocenters. The fourth-order valence-electron chi connectivity index (χ4n) is 2.64. The van der Waals surface area contributed by atoms with Gasteiger partial charge >= 0.3 is 0 Å². The highest BCUT2D eigenvalue weighted by atomic mass is 32.2. The maximum Gasteiger partial charge on any atom is 0.218 e. The van der Waals surface area contributed by atoms with Gasteiger partial charge in [-0.05, 0) is 32.7 Å². The summed E-state index contributed by atoms with van der Waals surface area (Å²) in [7, 11) is -1.49. The Hall–Kier alpha value is -0.170. The fourth-order valence-corrected chi connectivity index (χ4v) is 4.64. The standard InChI is InChI=1S/C11H22N2O3S/c1-11(16-2)5-3-7-13(9-11)17(14,15)10-4-6-12-8-10/h10,12H,3-9H2,1-2H3. The Balaban J connectivity index is 2.11. The molecule has 2 fully saturated rings. The van der Waals surface area contributed by atoms with Crippen LogP contribution in [0.3, 0.4) is 0 Å². The van der Waals surface area contributed by atoms with Crippen LogP contribution in [0.5, 0.6) is 0 Å². The van der Waals surface area contributed by atoms with Crippen molar-refractivity contribution < 1.29 is 13.2 Å². The lowest BCUT2D eigenvalue weighted by molar-refractivity contribution is -0.0320. The molecule has 100 valence electrons. The molecule has 2 aliphatic heterocycles. The highest BCUT2D eigenvalue weighted by Gasteiger charge is 2.40. The molecule has 0 aromatic rings. The van der Waals surface area contributed by atoms with Crippen LogP contribution in [0.15, 0.2) is 0 Å². The first-order valence-corrected chi connectivity index (χ1v) is 7.73. The molecule has 0 aromatic carbocycles. The lowest BCUT2D eigenvalue weighted by atomic mass is 9.96. The molecule has 2 heterocycles. The van der Waals surface area contributed by atoms with Crippen molar-refractivity contribution >= 4 is 10.0 Å². The second-order valence-corrected chi connectivity index (χ2v) is 7.46. The van der Waals surface area contributed by atoms with E-state index in [1.165, 1.54) is 0 Å². The van der Waals surface area contributed by atoms with Gasteiger partial charge in [-0.1, -0.05) is 0 Å². The van der Waals surface area contributed by atoms with Crippen molar-refractivity contribution in [2.24, 2.45) is 0 Å². The summed E-state index contributed by atoms with van der Waals surface area (Å²) in [5, 5.41) is 2.87. The molecule has 17 heavy (non-hydrogen) atoms. The molecule has 2 atom stereocenters. The predicted octanol–water partition coefficient (Wildman–Crippen LogP) is 0.179. The largest absolute Gasteiger partial charge is 0.377 e. The first-order valence-electron chi connectivity index (χ1n) is 6.23. The van der Waals surface area contributed by atoms with E-state index in [9.17, 15) is 8.42 Å². The Morgan fingerprint density at radius 3 is 2.82 bits per heavy atom. The highest BCUT2D eigenvalue weighted by molar-refractivity contribution is 7.89. The van der Waals surface area contributed by atoms with E-state index in [0.717, 1.165) is 25.8 Å². The average Bonchev–Trinajstić information content (AvgIpc) is 2.83. The van der Waals surface area contributed by atoms with Crippen molar-refractivity contribution in [1.82, 2.24) is 9.62 Å². The zero-order valence-electron chi connectivity index (χ0n) is 10.6. The number of ether oxygens (including phenoxy) is 1. The predicted molar refractivity (Wildman–Crippen MR) is 66.4 cm³/mol. The van der Waals surface area contributed by atoms with E-state index >= 15 is 0 Å². The molecule has 0 aromatic heterocycles. The van der Waals surface area contributed by atoms with Crippen LogP contribution in [-0.4, -0.2) is 56.9 Å². The first-order chi connectivity index (χ1) is 7.98. The molecule has 0 radical (unpaired) electrons. The molecule has 2 aliphatic rings. The number of sulfonamides is 1. The average molecular weight is 262 g/mol. The van der Waals surface area contributed by atoms with E-state index in [1.54, 1.807) is 11.4 Å². The number of piperidine rings is 1. The van der Waals surface area contributed by atoms with E-state index in [4.69, 9.17) is 4.74 Å². The van der Waals surface area contributed by atoms with Crippen LogP contribution < -0.4 is 5.32 Å². The molecule has 0 spiro atoms. The van der Waals surface area contributed by atoms with Crippen LogP contribution in [-0.2, 0) is 14.8 Å². The molecule has 2 rings (SSSR count). The molecule has 0 bridgehead atoms. The Morgan fingerprint density at radius 2 is 2.24 bits per heavy atom. The van der Waals surface area contributed by atoms with Gasteiger partial charge in [-0.2, -0.15) is 4.31 Å². The number of nitrogens with one attached hydrogen (secondary N) is 1. The second-order valence-electron chi connectivity index (χ2n) is 5.25. The lowest BCUT2D eigenvalue weighted by Gasteiger charge is -2.39. The fraction of sp³-hybridized carbons (Fsp3) is 1.00. The summed E-state index contributed by atoms with van der Waals surface area (Å²) in [6.45, 7) is 4.50. The van der Waals surface area contributed by atoms with Gasteiger partial charge in [-0.15, -0.1) is 0 Å². The minimum atomic E-state index is -3.15. The van der Waals surface area contributed by atoms with Crippen molar-refractivity contribution in [3.63, 3.8) is 0 Å². The number of nitrogens with zero attached hydrogens (tertiary/aromatic N) is 1. The zero-order valence-corrected chi connectivity index (χ0v) is 11.4. The van der Waals surface area contributed by atoms with Gasteiger partial charge in [0.25, 0.3) is 0 Å². The Kier molecular flexibility index (Phi) is 3.77. The number of methoxy groups -OCH3 is 1. The van der Waals surface area contributed by atoms with E-state index in [2.05, 4.69) is 5.32 Å². The molecule has 0 amide bonds. The molecule has 0 aliphatic carbocycles. The van der Waals surface area contributed by atoms with Gasteiger partial charge in [-0.3, -0.25) is 0 Å². The topological polar surface area (TPSA) is 58.6 Å². The summed E-state index contributed by atoms with van der Waals surface area (Å²) >= 11 is 0. The van der Waals surface area contributed by atoms with Gasteiger partial charge < -0.3 is 10.1 Å². The van der Waals surface area contributed by atoms with Crippen molar-refractivity contribution in [3.8, 4) is 0 Å². The van der Waals surface area contributed by atoms with Gasteiger partial charge in [0.15, 0.2) is 0 Å². The second kappa shape index (κ2) is 4.84. The minimum Gasteiger partial charge on any atom is -0.377 e. The summed E-state index contributed by atoms with van der Waals surface area (Å²) in [6, 6.07) is 0. The molecule has 5 nitrogen and oxygen atoms in total. The van der Waals surface area contributed by atoms with Gasteiger partial charge in [0.2, 0.25) is 10.0 Å². The van der Waals surface area contributed by atoms with E-state index in [-0.39, 0.29) is 10.9 Å². The summed E-state index contributed by atoms with van der Waals surface area (Å²) in [6.07, 6.45) is 2.53. The van der Waals surface area contributed by atoms with Crippen molar-refractivity contribution in [3.05, 3.63) is 0 Å². The van der Waals surface area contributed by atoms with E-state index in [0.29, 0.717) is 19.6 Å². The third-order valence-corrected chi connectivity index (χ3v) is 6.19. The molecule has 1 N–H and O–H groups in total. The summed E-state index contributed by atoms with van der Waals surface area (Å²) in [5.74, 6) is 0. The van der Waals surface area contributed by atoms with Crippen LogP contribution in [0.1, 0.15) is 26.2 Å². The third-order valence-electron chi connectivity index (χ3n) is 3.91. The monoisotopic (exact) mass is 262 g/mol. The van der Waals surface area contributed by atoms with Gasteiger partial charge in [0, 0.05) is 26.7 Å². The van der Waals surface area contributed by atoms with Crippen LogP contribution in [0.4, 0.5) is 0 Å². The maximum atomic E-state index is 12.4. The first kappa shape index (κ1) is 13.3. The number of hydrogen-bond donors (Lipinski definition) is 1. The third kappa shape index (κ3) is 2.65.